The van der Waals surface area contributed by atoms with Crippen LogP contribution in [0.1, 0.15) is 29.9 Å². The molecule has 0 aliphatic heterocycles. The maximum Gasteiger partial charge on any atom is 0.196 e. The van der Waals surface area contributed by atoms with E-state index in [1.54, 1.807) is 23.9 Å². The maximum absolute atomic E-state index is 13.4. The molecule has 0 amide bonds. The number of benzene rings is 2. The average molecular weight is 370 g/mol. The topological polar surface area (TPSA) is 34.0 Å². The molecule has 0 spiro atoms. The van der Waals surface area contributed by atoms with Crippen LogP contribution in [0.15, 0.2) is 53.7 Å². The van der Waals surface area contributed by atoms with Crippen molar-refractivity contribution < 1.29 is 4.39 Å². The molecule has 1 heterocycles. The number of hydrogen-bond acceptors (Lipinski definition) is 4. The number of halogens is 1. The minimum absolute atomic E-state index is 0.0845. The summed E-state index contributed by atoms with van der Waals surface area (Å²) in [6, 6.07) is 15.0. The fourth-order valence-electron chi connectivity index (χ4n) is 2.54. The lowest BCUT2D eigenvalue weighted by molar-refractivity contribution is 0.305. The van der Waals surface area contributed by atoms with Crippen LogP contribution in [0.4, 0.5) is 4.39 Å². The lowest BCUT2D eigenvalue weighted by atomic mass is 10.2. The van der Waals surface area contributed by atoms with Gasteiger partial charge in [-0.05, 0) is 57.8 Å². The summed E-state index contributed by atoms with van der Waals surface area (Å²) in [5, 5.41) is 9.63. The molecule has 0 N–H and O–H groups in total. The lowest BCUT2D eigenvalue weighted by Crippen LogP contribution is -2.20. The monoisotopic (exact) mass is 370 g/mol. The predicted molar refractivity (Wildman–Crippen MR) is 104 cm³/mol. The van der Waals surface area contributed by atoms with Gasteiger partial charge in [0.05, 0.1) is 6.04 Å². The Morgan fingerprint density at radius 3 is 2.31 bits per heavy atom. The van der Waals surface area contributed by atoms with Gasteiger partial charge in [-0.25, -0.2) is 4.39 Å². The summed E-state index contributed by atoms with van der Waals surface area (Å²) in [6.07, 6.45) is 0. The normalized spacial score (nSPS) is 12.5. The Morgan fingerprint density at radius 2 is 1.69 bits per heavy atom. The standard InChI is InChI=1S/C20H23FN4S/c1-14-5-7-16(8-6-14)13-26-20-23-22-19(15(2)24(3)4)25(20)18-11-9-17(21)10-12-18/h5-12,15H,13H2,1-4H3/t15-/m0/s1. The number of aryl methyl sites for hydroxylation is 1. The van der Waals surface area contributed by atoms with Crippen molar-refractivity contribution in [1.29, 1.82) is 0 Å². The third kappa shape index (κ3) is 4.14. The maximum atomic E-state index is 13.4. The van der Waals surface area contributed by atoms with Crippen LogP contribution < -0.4 is 0 Å². The highest BCUT2D eigenvalue weighted by atomic mass is 32.2. The molecule has 0 radical (unpaired) electrons. The van der Waals surface area contributed by atoms with Crippen LogP contribution in [0, 0.1) is 12.7 Å². The minimum Gasteiger partial charge on any atom is -0.300 e. The van der Waals surface area contributed by atoms with Crippen molar-refractivity contribution in [1.82, 2.24) is 19.7 Å². The Bertz CT molecular complexity index is 857. The van der Waals surface area contributed by atoms with Gasteiger partial charge in [0.25, 0.3) is 0 Å². The van der Waals surface area contributed by atoms with Gasteiger partial charge in [-0.1, -0.05) is 41.6 Å². The molecule has 4 nitrogen and oxygen atoms in total. The largest absolute Gasteiger partial charge is 0.300 e. The Kier molecular flexibility index (Phi) is 5.74. The van der Waals surface area contributed by atoms with Crippen LogP contribution in [0.2, 0.25) is 0 Å². The van der Waals surface area contributed by atoms with Crippen molar-refractivity contribution in [2.45, 2.75) is 30.8 Å². The molecule has 26 heavy (non-hydrogen) atoms. The van der Waals surface area contributed by atoms with Crippen LogP contribution in [-0.2, 0) is 5.75 Å². The van der Waals surface area contributed by atoms with Gasteiger partial charge in [0.2, 0.25) is 0 Å². The Hall–Kier alpha value is -2.18. The summed E-state index contributed by atoms with van der Waals surface area (Å²) < 4.78 is 15.4. The van der Waals surface area contributed by atoms with Gasteiger partial charge in [-0.15, -0.1) is 10.2 Å². The Balaban J connectivity index is 1.93. The first kappa shape index (κ1) is 18.6. The highest BCUT2D eigenvalue weighted by Gasteiger charge is 2.21. The summed E-state index contributed by atoms with van der Waals surface area (Å²) in [4.78, 5) is 2.08. The highest BCUT2D eigenvalue weighted by Crippen LogP contribution is 2.28. The zero-order chi connectivity index (χ0) is 18.7. The van der Waals surface area contributed by atoms with Crippen molar-refractivity contribution in [3.8, 4) is 5.69 Å². The SMILES string of the molecule is Cc1ccc(CSc2nnc([C@H](C)N(C)C)n2-c2ccc(F)cc2)cc1. The molecular formula is C20H23FN4S. The van der Waals surface area contributed by atoms with Crippen LogP contribution in [-0.4, -0.2) is 33.8 Å². The van der Waals surface area contributed by atoms with Gasteiger partial charge in [0, 0.05) is 11.4 Å². The first-order valence-corrected chi connectivity index (χ1v) is 9.50. The van der Waals surface area contributed by atoms with E-state index in [4.69, 9.17) is 0 Å². The summed E-state index contributed by atoms with van der Waals surface area (Å²) in [5.74, 6) is 1.39. The van der Waals surface area contributed by atoms with E-state index in [2.05, 4.69) is 53.2 Å². The van der Waals surface area contributed by atoms with E-state index in [-0.39, 0.29) is 11.9 Å². The molecule has 3 rings (SSSR count). The quantitative estimate of drug-likeness (QED) is 0.593. The van der Waals surface area contributed by atoms with Crippen molar-refractivity contribution in [3.63, 3.8) is 0 Å². The molecule has 0 aliphatic carbocycles. The van der Waals surface area contributed by atoms with E-state index in [0.29, 0.717) is 0 Å². The molecule has 0 bridgehead atoms. The molecule has 0 saturated carbocycles. The zero-order valence-corrected chi connectivity index (χ0v) is 16.3. The van der Waals surface area contributed by atoms with Crippen LogP contribution in [0.3, 0.4) is 0 Å². The van der Waals surface area contributed by atoms with Crippen molar-refractivity contribution in [2.75, 3.05) is 14.1 Å². The van der Waals surface area contributed by atoms with E-state index >= 15 is 0 Å². The molecule has 2 aromatic carbocycles. The van der Waals surface area contributed by atoms with Gasteiger partial charge in [-0.3, -0.25) is 9.47 Å². The number of aromatic nitrogens is 3. The second-order valence-corrected chi connectivity index (χ2v) is 7.51. The smallest absolute Gasteiger partial charge is 0.196 e. The molecule has 1 atom stereocenters. The number of nitrogens with zero attached hydrogens (tertiary/aromatic N) is 4. The first-order valence-electron chi connectivity index (χ1n) is 8.51. The van der Waals surface area contributed by atoms with Gasteiger partial charge in [0.1, 0.15) is 5.82 Å². The van der Waals surface area contributed by atoms with Crippen LogP contribution in [0.5, 0.6) is 0 Å². The summed E-state index contributed by atoms with van der Waals surface area (Å²) in [5.41, 5.74) is 3.35. The zero-order valence-electron chi connectivity index (χ0n) is 15.5. The third-order valence-electron chi connectivity index (χ3n) is 4.38. The van der Waals surface area contributed by atoms with E-state index in [9.17, 15) is 4.39 Å². The predicted octanol–water partition coefficient (Wildman–Crippen LogP) is 4.63. The van der Waals surface area contributed by atoms with E-state index in [1.165, 1.54) is 23.3 Å². The Morgan fingerprint density at radius 1 is 1.04 bits per heavy atom. The molecule has 0 saturated heterocycles. The summed E-state index contributed by atoms with van der Waals surface area (Å²) in [6.45, 7) is 4.16. The van der Waals surface area contributed by atoms with Crippen LogP contribution >= 0.6 is 11.8 Å². The van der Waals surface area contributed by atoms with E-state index < -0.39 is 0 Å². The molecule has 3 aromatic rings. The van der Waals surface area contributed by atoms with Crippen LogP contribution in [0.25, 0.3) is 5.69 Å². The van der Waals surface area contributed by atoms with Gasteiger partial charge < -0.3 is 0 Å². The van der Waals surface area contributed by atoms with Gasteiger partial charge in [-0.2, -0.15) is 0 Å². The highest BCUT2D eigenvalue weighted by molar-refractivity contribution is 7.98. The summed E-state index contributed by atoms with van der Waals surface area (Å²) >= 11 is 1.63. The molecule has 136 valence electrons. The molecule has 0 fully saturated rings. The van der Waals surface area contributed by atoms with Gasteiger partial charge in [0.15, 0.2) is 11.0 Å². The number of hydrogen-bond donors (Lipinski definition) is 0. The average Bonchev–Trinajstić information content (AvgIpc) is 3.05. The second-order valence-electron chi connectivity index (χ2n) is 6.57. The molecule has 6 heteroatoms. The molecule has 1 aromatic heterocycles. The second kappa shape index (κ2) is 8.01. The van der Waals surface area contributed by atoms with Crippen molar-refractivity contribution in [2.24, 2.45) is 0 Å². The molecule has 0 aliphatic rings. The number of rotatable bonds is 6. The fourth-order valence-corrected chi connectivity index (χ4v) is 3.46. The van der Waals surface area contributed by atoms with Crippen molar-refractivity contribution in [3.05, 3.63) is 71.3 Å². The third-order valence-corrected chi connectivity index (χ3v) is 5.38. The van der Waals surface area contributed by atoms with E-state index in [1.807, 2.05) is 18.7 Å². The van der Waals surface area contributed by atoms with Gasteiger partial charge >= 0.3 is 0 Å². The Labute approximate surface area is 158 Å². The minimum atomic E-state index is -0.252. The fraction of sp³-hybridized carbons (Fsp3) is 0.300. The number of thioether (sulfide) groups is 1. The molecule has 0 unspecified atom stereocenters. The van der Waals surface area contributed by atoms with Crippen molar-refractivity contribution >= 4 is 11.8 Å². The van der Waals surface area contributed by atoms with E-state index in [0.717, 1.165) is 22.4 Å². The summed E-state index contributed by atoms with van der Waals surface area (Å²) in [7, 11) is 4.01. The lowest BCUT2D eigenvalue weighted by Gasteiger charge is -2.20. The molecular weight excluding hydrogens is 347 g/mol. The first-order chi connectivity index (χ1) is 12.5.